The molecule has 8 nitrogen and oxygen atoms in total. The molecular formula is C23H15N7O. The van der Waals surface area contributed by atoms with Crippen LogP contribution in [0.25, 0.3) is 55.7 Å². The van der Waals surface area contributed by atoms with Gasteiger partial charge in [-0.3, -0.25) is 15.1 Å². The largest absolute Gasteiger partial charge is 0.506 e. The second kappa shape index (κ2) is 6.74. The Bertz CT molecular complexity index is 1550. The van der Waals surface area contributed by atoms with Crippen LogP contribution in [0, 0.1) is 0 Å². The number of hydrogen-bond donors (Lipinski definition) is 3. The van der Waals surface area contributed by atoms with Crippen molar-refractivity contribution < 1.29 is 5.11 Å². The number of nitrogens with zero attached hydrogens (tertiary/aromatic N) is 5. The lowest BCUT2D eigenvalue weighted by molar-refractivity contribution is 0.473. The Hall–Kier alpha value is -4.59. The first-order chi connectivity index (χ1) is 15.3. The molecule has 0 bridgehead atoms. The summed E-state index contributed by atoms with van der Waals surface area (Å²) < 4.78 is 0. The summed E-state index contributed by atoms with van der Waals surface area (Å²) in [5, 5.41) is 19.1. The quantitative estimate of drug-likeness (QED) is 0.403. The van der Waals surface area contributed by atoms with E-state index in [1.165, 1.54) is 6.20 Å². The molecule has 8 heteroatoms. The Morgan fingerprint density at radius 3 is 2.55 bits per heavy atom. The highest BCUT2D eigenvalue weighted by atomic mass is 16.3. The fourth-order valence-electron chi connectivity index (χ4n) is 3.78. The molecule has 148 valence electrons. The van der Waals surface area contributed by atoms with Gasteiger partial charge in [-0.25, -0.2) is 9.97 Å². The molecule has 0 unspecified atom stereocenters. The van der Waals surface area contributed by atoms with Crippen molar-refractivity contribution in [1.29, 1.82) is 0 Å². The van der Waals surface area contributed by atoms with Gasteiger partial charge in [0.15, 0.2) is 5.65 Å². The van der Waals surface area contributed by atoms with Crippen LogP contribution in [-0.2, 0) is 0 Å². The van der Waals surface area contributed by atoms with Gasteiger partial charge in [-0.05, 0) is 35.9 Å². The zero-order valence-electron chi connectivity index (χ0n) is 16.1. The highest BCUT2D eigenvalue weighted by molar-refractivity contribution is 5.99. The first kappa shape index (κ1) is 17.3. The van der Waals surface area contributed by atoms with Crippen LogP contribution in [0.15, 0.2) is 73.6 Å². The number of pyridine rings is 4. The predicted molar refractivity (Wildman–Crippen MR) is 117 cm³/mol. The lowest BCUT2D eigenvalue weighted by Gasteiger charge is -2.02. The van der Waals surface area contributed by atoms with Crippen molar-refractivity contribution in [3.05, 3.63) is 73.6 Å². The highest BCUT2D eigenvalue weighted by Gasteiger charge is 2.15. The molecule has 0 amide bonds. The maximum atomic E-state index is 9.76. The zero-order valence-corrected chi connectivity index (χ0v) is 16.1. The summed E-state index contributed by atoms with van der Waals surface area (Å²) in [6.45, 7) is 0. The van der Waals surface area contributed by atoms with E-state index in [-0.39, 0.29) is 5.75 Å². The number of rotatable bonds is 3. The summed E-state index contributed by atoms with van der Waals surface area (Å²) in [6.07, 6.45) is 10.2. The second-order valence-corrected chi connectivity index (χ2v) is 7.17. The van der Waals surface area contributed by atoms with E-state index in [0.29, 0.717) is 5.65 Å². The van der Waals surface area contributed by atoms with Gasteiger partial charge < -0.3 is 10.1 Å². The molecule has 6 heterocycles. The smallest absolute Gasteiger partial charge is 0.181 e. The average Bonchev–Trinajstić information content (AvgIpc) is 3.43. The summed E-state index contributed by atoms with van der Waals surface area (Å²) in [6, 6.07) is 11.6. The van der Waals surface area contributed by atoms with Crippen molar-refractivity contribution in [2.75, 3.05) is 0 Å². The first-order valence-electron chi connectivity index (χ1n) is 9.63. The molecule has 0 aliphatic rings. The number of fused-ring (bicyclic) bond motifs is 2. The van der Waals surface area contributed by atoms with E-state index in [2.05, 4.69) is 41.2 Å². The van der Waals surface area contributed by atoms with E-state index in [1.807, 2.05) is 30.5 Å². The highest BCUT2D eigenvalue weighted by Crippen LogP contribution is 2.34. The summed E-state index contributed by atoms with van der Waals surface area (Å²) in [7, 11) is 0. The first-order valence-corrected chi connectivity index (χ1v) is 9.63. The van der Waals surface area contributed by atoms with Crippen molar-refractivity contribution >= 4 is 22.1 Å². The van der Waals surface area contributed by atoms with Crippen molar-refractivity contribution in [3.63, 3.8) is 0 Å². The monoisotopic (exact) mass is 405 g/mol. The fourth-order valence-corrected chi connectivity index (χ4v) is 3.78. The van der Waals surface area contributed by atoms with Crippen molar-refractivity contribution in [3.8, 4) is 39.4 Å². The van der Waals surface area contributed by atoms with Crippen LogP contribution in [0.1, 0.15) is 0 Å². The van der Waals surface area contributed by atoms with E-state index in [0.717, 1.165) is 50.1 Å². The van der Waals surface area contributed by atoms with Crippen molar-refractivity contribution in [2.45, 2.75) is 0 Å². The Balaban J connectivity index is 1.51. The van der Waals surface area contributed by atoms with Crippen LogP contribution in [-0.4, -0.2) is 40.2 Å². The van der Waals surface area contributed by atoms with E-state index in [9.17, 15) is 5.11 Å². The minimum atomic E-state index is 0.106. The molecule has 6 rings (SSSR count). The van der Waals surface area contributed by atoms with Gasteiger partial charge in [-0.2, -0.15) is 5.10 Å². The van der Waals surface area contributed by atoms with Gasteiger partial charge in [0, 0.05) is 58.4 Å². The second-order valence-electron chi connectivity index (χ2n) is 7.17. The number of H-pyrrole nitrogens is 2. The van der Waals surface area contributed by atoms with Crippen LogP contribution >= 0.6 is 0 Å². The third-order valence-corrected chi connectivity index (χ3v) is 5.24. The summed E-state index contributed by atoms with van der Waals surface area (Å²) in [4.78, 5) is 20.6. The molecule has 0 saturated carbocycles. The molecule has 0 fully saturated rings. The number of aromatic nitrogens is 7. The molecule has 0 aliphatic heterocycles. The average molecular weight is 405 g/mol. The predicted octanol–water partition coefficient (Wildman–Crippen LogP) is 4.33. The summed E-state index contributed by atoms with van der Waals surface area (Å²) in [5.41, 5.74) is 6.74. The molecule has 0 saturated heterocycles. The molecule has 0 aliphatic carbocycles. The number of aromatic amines is 2. The standard InChI is InChI=1S/C23H15N7O/c31-16-6-14(10-25-12-16)15-7-19-21(29-30-23(19)27-11-15)20-8-18-17(3-5-26-22(18)28-20)13-2-1-4-24-9-13/h1-12,31H,(H,26,28)(H,27,29,30). The van der Waals surface area contributed by atoms with Crippen LogP contribution in [0.4, 0.5) is 0 Å². The van der Waals surface area contributed by atoms with Gasteiger partial charge in [-0.1, -0.05) is 6.07 Å². The summed E-state index contributed by atoms with van der Waals surface area (Å²) in [5.74, 6) is 0.106. The summed E-state index contributed by atoms with van der Waals surface area (Å²) >= 11 is 0. The number of aromatic hydroxyl groups is 1. The lowest BCUT2D eigenvalue weighted by Crippen LogP contribution is -1.84. The minimum absolute atomic E-state index is 0.106. The van der Waals surface area contributed by atoms with E-state index in [1.54, 1.807) is 30.9 Å². The molecular weight excluding hydrogens is 390 g/mol. The molecule has 0 spiro atoms. The molecule has 31 heavy (non-hydrogen) atoms. The molecule has 0 radical (unpaired) electrons. The van der Waals surface area contributed by atoms with Crippen LogP contribution < -0.4 is 0 Å². The van der Waals surface area contributed by atoms with E-state index >= 15 is 0 Å². The zero-order chi connectivity index (χ0) is 20.8. The van der Waals surface area contributed by atoms with Crippen LogP contribution in [0.5, 0.6) is 5.75 Å². The van der Waals surface area contributed by atoms with Crippen molar-refractivity contribution in [2.24, 2.45) is 0 Å². The van der Waals surface area contributed by atoms with Gasteiger partial charge in [0.1, 0.15) is 11.4 Å². The third-order valence-electron chi connectivity index (χ3n) is 5.24. The Kier molecular flexibility index (Phi) is 3.76. The van der Waals surface area contributed by atoms with Gasteiger partial charge >= 0.3 is 0 Å². The lowest BCUT2D eigenvalue weighted by atomic mass is 10.1. The normalized spacial score (nSPS) is 11.4. The van der Waals surface area contributed by atoms with Gasteiger partial charge in [0.2, 0.25) is 0 Å². The van der Waals surface area contributed by atoms with Crippen LogP contribution in [0.2, 0.25) is 0 Å². The molecule has 6 aromatic heterocycles. The molecule has 3 N–H and O–H groups in total. The Morgan fingerprint density at radius 2 is 1.68 bits per heavy atom. The third kappa shape index (κ3) is 2.89. The topological polar surface area (TPSA) is 116 Å². The Morgan fingerprint density at radius 1 is 0.774 bits per heavy atom. The Labute approximate surface area is 175 Å². The maximum Gasteiger partial charge on any atom is 0.181 e. The van der Waals surface area contributed by atoms with Gasteiger partial charge in [0.25, 0.3) is 0 Å². The van der Waals surface area contributed by atoms with Crippen molar-refractivity contribution in [1.82, 2.24) is 35.1 Å². The maximum absolute atomic E-state index is 9.76. The molecule has 0 atom stereocenters. The van der Waals surface area contributed by atoms with Gasteiger partial charge in [-0.15, -0.1) is 0 Å². The van der Waals surface area contributed by atoms with Crippen LogP contribution in [0.3, 0.4) is 0 Å². The van der Waals surface area contributed by atoms with E-state index < -0.39 is 0 Å². The fraction of sp³-hybridized carbons (Fsp3) is 0. The molecule has 0 aromatic carbocycles. The SMILES string of the molecule is Oc1cncc(-c2cnc3n[nH]c(-c4cc5c(-c6cccnc6)ccnc5[nH]4)c3c2)c1. The van der Waals surface area contributed by atoms with E-state index in [4.69, 9.17) is 0 Å². The number of hydrogen-bond acceptors (Lipinski definition) is 6. The van der Waals surface area contributed by atoms with Gasteiger partial charge in [0.05, 0.1) is 17.6 Å². The number of nitrogens with one attached hydrogen (secondary N) is 2. The minimum Gasteiger partial charge on any atom is -0.506 e. The molecule has 6 aromatic rings.